The van der Waals surface area contributed by atoms with Crippen LogP contribution in [0.3, 0.4) is 0 Å². The number of aromatic hydroxyl groups is 1. The minimum absolute atomic E-state index is 0.0520. The molecule has 2 aliphatic rings. The fourth-order valence-corrected chi connectivity index (χ4v) is 4.55. The molecule has 2 heterocycles. The summed E-state index contributed by atoms with van der Waals surface area (Å²) in [5.74, 6) is -1.62. The van der Waals surface area contributed by atoms with Gasteiger partial charge in [-0.2, -0.15) is 0 Å². The quantitative estimate of drug-likeness (QED) is 0.763. The lowest BCUT2D eigenvalue weighted by molar-refractivity contribution is -0.135. The molecular formula is C24H27F2N3O4. The summed E-state index contributed by atoms with van der Waals surface area (Å²) in [6.07, 6.45) is 0.362. The molecule has 3 amide bonds. The van der Waals surface area contributed by atoms with Gasteiger partial charge in [-0.15, -0.1) is 0 Å². The highest BCUT2D eigenvalue weighted by atomic mass is 19.1. The Kier molecular flexibility index (Phi) is 6.78. The molecule has 4 rings (SSSR count). The molecular weight excluding hydrogens is 432 g/mol. The first-order valence-corrected chi connectivity index (χ1v) is 10.9. The second-order valence-electron chi connectivity index (χ2n) is 8.49. The minimum atomic E-state index is -0.543. The number of nitrogens with zero attached hydrogens (tertiary/aromatic N) is 3. The monoisotopic (exact) mass is 459 g/mol. The van der Waals surface area contributed by atoms with Crippen molar-refractivity contribution < 1.29 is 28.2 Å². The van der Waals surface area contributed by atoms with Crippen LogP contribution in [0.4, 0.5) is 13.6 Å². The fourth-order valence-electron chi connectivity index (χ4n) is 4.55. The van der Waals surface area contributed by atoms with Crippen molar-refractivity contribution in [3.63, 3.8) is 0 Å². The van der Waals surface area contributed by atoms with E-state index in [1.807, 2.05) is 0 Å². The van der Waals surface area contributed by atoms with E-state index in [4.69, 9.17) is 4.74 Å². The summed E-state index contributed by atoms with van der Waals surface area (Å²) in [7, 11) is 1.55. The van der Waals surface area contributed by atoms with E-state index in [1.165, 1.54) is 17.0 Å². The molecule has 0 saturated carbocycles. The van der Waals surface area contributed by atoms with Crippen molar-refractivity contribution in [2.45, 2.75) is 18.4 Å². The van der Waals surface area contributed by atoms with E-state index in [1.54, 1.807) is 35.0 Å². The first-order valence-electron chi connectivity index (χ1n) is 10.9. The van der Waals surface area contributed by atoms with Crippen LogP contribution in [0.5, 0.6) is 5.75 Å². The van der Waals surface area contributed by atoms with E-state index in [-0.39, 0.29) is 36.3 Å². The van der Waals surface area contributed by atoms with Gasteiger partial charge in [0.15, 0.2) is 0 Å². The number of ether oxygens (including phenoxy) is 1. The number of hydrogen-bond donors (Lipinski definition) is 1. The molecule has 2 aromatic rings. The summed E-state index contributed by atoms with van der Waals surface area (Å²) in [5, 5.41) is 9.95. The number of phenols is 1. The first kappa shape index (κ1) is 23.0. The van der Waals surface area contributed by atoms with E-state index in [0.717, 1.165) is 12.1 Å². The summed E-state index contributed by atoms with van der Waals surface area (Å²) in [6.45, 7) is 1.97. The maximum atomic E-state index is 14.5. The Morgan fingerprint density at radius 1 is 1.15 bits per heavy atom. The van der Waals surface area contributed by atoms with Crippen molar-refractivity contribution in [1.82, 2.24) is 14.7 Å². The summed E-state index contributed by atoms with van der Waals surface area (Å²) >= 11 is 0. The summed E-state index contributed by atoms with van der Waals surface area (Å²) in [5.41, 5.74) is 0.901. The van der Waals surface area contributed by atoms with Gasteiger partial charge in [-0.3, -0.25) is 4.79 Å². The van der Waals surface area contributed by atoms with Gasteiger partial charge in [-0.1, -0.05) is 12.1 Å². The van der Waals surface area contributed by atoms with Gasteiger partial charge in [-0.25, -0.2) is 13.6 Å². The van der Waals surface area contributed by atoms with Crippen molar-refractivity contribution in [1.29, 1.82) is 0 Å². The average Bonchev–Trinajstić information content (AvgIpc) is 3.26. The standard InChI is InChI=1S/C24H27F2N3O4/c1-27(15-23(31)28-7-9-33-10-8-28)24(32)29-14-17(20-13-18(25)5-6-21(20)26)12-22(29)16-3-2-4-19(30)11-16/h2-6,11,13,17,22,30H,7-10,12,14-15H2,1H3. The van der Waals surface area contributed by atoms with Gasteiger partial charge in [0.2, 0.25) is 5.91 Å². The molecule has 0 spiro atoms. The number of likely N-dealkylation sites (tertiary alicyclic amines) is 1. The Hall–Kier alpha value is -3.20. The predicted octanol–water partition coefficient (Wildman–Crippen LogP) is 3.11. The number of rotatable bonds is 4. The number of likely N-dealkylation sites (N-methyl/N-ethyl adjacent to an activating group) is 1. The molecule has 2 saturated heterocycles. The van der Waals surface area contributed by atoms with E-state index in [2.05, 4.69) is 0 Å². The lowest BCUT2D eigenvalue weighted by Crippen LogP contribution is -2.48. The van der Waals surface area contributed by atoms with Gasteiger partial charge < -0.3 is 24.5 Å². The molecule has 9 heteroatoms. The number of phenolic OH excluding ortho intramolecular Hbond substituents is 1. The molecule has 2 aromatic carbocycles. The number of halogens is 2. The number of benzene rings is 2. The molecule has 7 nitrogen and oxygen atoms in total. The minimum Gasteiger partial charge on any atom is -0.508 e. The van der Waals surface area contributed by atoms with Crippen LogP contribution in [0.25, 0.3) is 0 Å². The molecule has 176 valence electrons. The molecule has 0 aliphatic carbocycles. The lowest BCUT2D eigenvalue weighted by atomic mass is 9.93. The molecule has 2 aliphatic heterocycles. The maximum absolute atomic E-state index is 14.5. The van der Waals surface area contributed by atoms with Gasteiger partial charge >= 0.3 is 6.03 Å². The lowest BCUT2D eigenvalue weighted by Gasteiger charge is -2.32. The largest absolute Gasteiger partial charge is 0.508 e. The normalized spacial score (nSPS) is 20.7. The third-order valence-electron chi connectivity index (χ3n) is 6.26. The zero-order chi connectivity index (χ0) is 23.5. The fraction of sp³-hybridized carbons (Fsp3) is 0.417. The Labute approximate surface area is 191 Å². The van der Waals surface area contributed by atoms with Crippen LogP contribution >= 0.6 is 0 Å². The van der Waals surface area contributed by atoms with Crippen LogP contribution in [0.1, 0.15) is 29.5 Å². The van der Waals surface area contributed by atoms with E-state index in [9.17, 15) is 23.5 Å². The first-order chi connectivity index (χ1) is 15.8. The van der Waals surface area contributed by atoms with E-state index >= 15 is 0 Å². The van der Waals surface area contributed by atoms with Crippen LogP contribution in [-0.2, 0) is 9.53 Å². The molecule has 2 unspecified atom stereocenters. The summed E-state index contributed by atoms with van der Waals surface area (Å²) < 4.78 is 33.6. The van der Waals surface area contributed by atoms with Crippen molar-refractivity contribution in [2.75, 3.05) is 46.4 Å². The van der Waals surface area contributed by atoms with Crippen LogP contribution < -0.4 is 0 Å². The highest BCUT2D eigenvalue weighted by Gasteiger charge is 2.39. The van der Waals surface area contributed by atoms with Crippen molar-refractivity contribution in [2.24, 2.45) is 0 Å². The molecule has 2 atom stereocenters. The summed E-state index contributed by atoms with van der Waals surface area (Å²) in [4.78, 5) is 30.6. The maximum Gasteiger partial charge on any atom is 0.320 e. The van der Waals surface area contributed by atoms with E-state index < -0.39 is 23.6 Å². The van der Waals surface area contributed by atoms with Crippen LogP contribution in [-0.4, -0.2) is 78.2 Å². The highest BCUT2D eigenvalue weighted by molar-refractivity contribution is 5.84. The van der Waals surface area contributed by atoms with Crippen LogP contribution in [0.2, 0.25) is 0 Å². The Bertz CT molecular complexity index is 1030. The van der Waals surface area contributed by atoms with Crippen LogP contribution in [0.15, 0.2) is 42.5 Å². The number of amides is 3. The van der Waals surface area contributed by atoms with E-state index in [0.29, 0.717) is 38.3 Å². The number of morpholine rings is 1. The van der Waals surface area contributed by atoms with Crippen molar-refractivity contribution >= 4 is 11.9 Å². The SMILES string of the molecule is CN(CC(=O)N1CCOCC1)C(=O)N1CC(c2cc(F)ccc2F)CC1c1cccc(O)c1. The second-order valence-corrected chi connectivity index (χ2v) is 8.49. The number of hydrogen-bond acceptors (Lipinski definition) is 4. The Morgan fingerprint density at radius 2 is 1.91 bits per heavy atom. The van der Waals surface area contributed by atoms with Gasteiger partial charge in [-0.05, 0) is 47.9 Å². The molecule has 33 heavy (non-hydrogen) atoms. The molecule has 0 bridgehead atoms. The summed E-state index contributed by atoms with van der Waals surface area (Å²) in [6, 6.07) is 9.03. The molecule has 0 radical (unpaired) electrons. The molecule has 2 fully saturated rings. The Balaban J connectivity index is 1.56. The zero-order valence-corrected chi connectivity index (χ0v) is 18.4. The average molecular weight is 459 g/mol. The third kappa shape index (κ3) is 5.08. The third-order valence-corrected chi connectivity index (χ3v) is 6.26. The van der Waals surface area contributed by atoms with Gasteiger partial charge in [0, 0.05) is 32.6 Å². The van der Waals surface area contributed by atoms with Gasteiger partial charge in [0.05, 0.1) is 19.3 Å². The smallest absolute Gasteiger partial charge is 0.320 e. The van der Waals surface area contributed by atoms with Gasteiger partial charge in [0.25, 0.3) is 0 Å². The number of carbonyl (C=O) groups is 2. The zero-order valence-electron chi connectivity index (χ0n) is 18.4. The Morgan fingerprint density at radius 3 is 2.64 bits per heavy atom. The van der Waals surface area contributed by atoms with Crippen molar-refractivity contribution in [3.05, 3.63) is 65.2 Å². The van der Waals surface area contributed by atoms with Crippen molar-refractivity contribution in [3.8, 4) is 5.75 Å². The van der Waals surface area contributed by atoms with Gasteiger partial charge in [0.1, 0.15) is 23.9 Å². The molecule has 0 aromatic heterocycles. The molecule has 1 N–H and O–H groups in total. The highest BCUT2D eigenvalue weighted by Crippen LogP contribution is 2.42. The number of carbonyl (C=O) groups excluding carboxylic acids is 2. The topological polar surface area (TPSA) is 73.3 Å². The number of urea groups is 1. The second kappa shape index (κ2) is 9.74. The van der Waals surface area contributed by atoms with Crippen LogP contribution in [0, 0.1) is 11.6 Å². The predicted molar refractivity (Wildman–Crippen MR) is 117 cm³/mol.